The van der Waals surface area contributed by atoms with Gasteiger partial charge in [-0.05, 0) is 30.2 Å². The minimum atomic E-state index is 0.0475. The van der Waals surface area contributed by atoms with Gasteiger partial charge < -0.3 is 19.9 Å². The number of para-hydroxylation sites is 1. The molecular weight excluding hydrogens is 330 g/mol. The Morgan fingerprint density at radius 2 is 1.96 bits per heavy atom. The van der Waals surface area contributed by atoms with Gasteiger partial charge in [-0.15, -0.1) is 0 Å². The minimum Gasteiger partial charge on any atom is -0.493 e. The third kappa shape index (κ3) is 3.13. The largest absolute Gasteiger partial charge is 0.493 e. The highest BCUT2D eigenvalue weighted by Gasteiger charge is 2.16. The summed E-state index contributed by atoms with van der Waals surface area (Å²) in [6.45, 7) is 0.0475. The summed E-state index contributed by atoms with van der Waals surface area (Å²) in [5.74, 6) is 1.09. The van der Waals surface area contributed by atoms with Crippen molar-refractivity contribution in [2.75, 3.05) is 26.1 Å². The number of hydrogen-bond donors (Lipinski definition) is 2. The van der Waals surface area contributed by atoms with Crippen molar-refractivity contribution in [3.63, 3.8) is 0 Å². The van der Waals surface area contributed by atoms with Gasteiger partial charge in [-0.2, -0.15) is 5.26 Å². The highest BCUT2D eigenvalue weighted by Crippen LogP contribution is 2.39. The van der Waals surface area contributed by atoms with E-state index in [1.807, 2.05) is 30.3 Å². The van der Waals surface area contributed by atoms with Gasteiger partial charge >= 0.3 is 0 Å². The number of pyridine rings is 1. The van der Waals surface area contributed by atoms with Gasteiger partial charge in [0.2, 0.25) is 0 Å². The van der Waals surface area contributed by atoms with Crippen molar-refractivity contribution in [3.8, 4) is 17.6 Å². The Bertz CT molecular complexity index is 980. The predicted octanol–water partition coefficient (Wildman–Crippen LogP) is 3.40. The molecule has 0 fully saturated rings. The van der Waals surface area contributed by atoms with Gasteiger partial charge in [0.15, 0.2) is 11.5 Å². The molecule has 0 saturated carbocycles. The highest BCUT2D eigenvalue weighted by molar-refractivity contribution is 6.00. The summed E-state index contributed by atoms with van der Waals surface area (Å²) in [5.41, 5.74) is 3.46. The van der Waals surface area contributed by atoms with E-state index in [2.05, 4.69) is 16.4 Å². The lowest BCUT2D eigenvalue weighted by atomic mass is 10.1. The molecule has 0 bridgehead atoms. The molecule has 6 heteroatoms. The summed E-state index contributed by atoms with van der Waals surface area (Å²) in [7, 11) is 3.12. The van der Waals surface area contributed by atoms with Crippen LogP contribution in [-0.4, -0.2) is 30.9 Å². The van der Waals surface area contributed by atoms with E-state index in [1.54, 1.807) is 20.3 Å². The molecule has 0 aliphatic carbocycles. The Hall–Kier alpha value is -3.30. The van der Waals surface area contributed by atoms with Crippen molar-refractivity contribution < 1.29 is 14.6 Å². The zero-order chi connectivity index (χ0) is 18.5. The standard InChI is InChI=1S/C20H19N3O3/c1-25-17-8-7-15-18(14(11-21)12-22-19(15)20(17)26-2)23-16-6-4-3-5-13(16)9-10-24/h3-8,12,24H,9-10H2,1-2H3,(H,22,23). The second-order valence-corrected chi connectivity index (χ2v) is 5.61. The summed E-state index contributed by atoms with van der Waals surface area (Å²) in [6.07, 6.45) is 2.03. The topological polar surface area (TPSA) is 87.4 Å². The van der Waals surface area contributed by atoms with Gasteiger partial charge in [0.1, 0.15) is 11.6 Å². The van der Waals surface area contributed by atoms with E-state index in [0.717, 1.165) is 16.6 Å². The normalized spacial score (nSPS) is 10.4. The lowest BCUT2D eigenvalue weighted by molar-refractivity contribution is 0.300. The molecule has 0 aliphatic heterocycles. The Labute approximate surface area is 151 Å². The van der Waals surface area contributed by atoms with Crippen molar-refractivity contribution >= 4 is 22.3 Å². The zero-order valence-corrected chi connectivity index (χ0v) is 14.6. The molecule has 2 N–H and O–H groups in total. The van der Waals surface area contributed by atoms with Crippen LogP contribution in [0.2, 0.25) is 0 Å². The number of ether oxygens (including phenoxy) is 2. The number of benzene rings is 2. The molecule has 1 aromatic heterocycles. The van der Waals surface area contributed by atoms with E-state index in [9.17, 15) is 10.4 Å². The third-order valence-corrected chi connectivity index (χ3v) is 4.16. The van der Waals surface area contributed by atoms with E-state index in [-0.39, 0.29) is 6.61 Å². The Morgan fingerprint density at radius 3 is 2.65 bits per heavy atom. The molecule has 0 unspecified atom stereocenters. The molecule has 6 nitrogen and oxygen atoms in total. The number of hydrogen-bond acceptors (Lipinski definition) is 6. The first kappa shape index (κ1) is 17.5. The first-order chi connectivity index (χ1) is 12.7. The highest BCUT2D eigenvalue weighted by atomic mass is 16.5. The average Bonchev–Trinajstić information content (AvgIpc) is 2.68. The SMILES string of the molecule is COc1ccc2c(Nc3ccccc3CCO)c(C#N)cnc2c1OC. The maximum atomic E-state index is 9.53. The molecule has 3 aromatic rings. The second kappa shape index (κ2) is 7.72. The fourth-order valence-corrected chi connectivity index (χ4v) is 2.91. The number of nitriles is 1. The number of aromatic nitrogens is 1. The lowest BCUT2D eigenvalue weighted by Gasteiger charge is -2.16. The van der Waals surface area contributed by atoms with E-state index < -0.39 is 0 Å². The fraction of sp³-hybridized carbons (Fsp3) is 0.200. The monoisotopic (exact) mass is 349 g/mol. The molecule has 0 spiro atoms. The van der Waals surface area contributed by atoms with Crippen LogP contribution >= 0.6 is 0 Å². The zero-order valence-electron chi connectivity index (χ0n) is 14.6. The fourth-order valence-electron chi connectivity index (χ4n) is 2.91. The van der Waals surface area contributed by atoms with Crippen LogP contribution in [0.1, 0.15) is 11.1 Å². The average molecular weight is 349 g/mol. The molecule has 0 radical (unpaired) electrons. The summed E-state index contributed by atoms with van der Waals surface area (Å²) in [5, 5.41) is 22.9. The van der Waals surface area contributed by atoms with E-state index in [4.69, 9.17) is 9.47 Å². The van der Waals surface area contributed by atoms with Crippen LogP contribution in [0.15, 0.2) is 42.6 Å². The quantitative estimate of drug-likeness (QED) is 0.709. The van der Waals surface area contributed by atoms with Crippen LogP contribution < -0.4 is 14.8 Å². The van der Waals surface area contributed by atoms with Crippen LogP contribution in [0.4, 0.5) is 11.4 Å². The number of rotatable bonds is 6. The van der Waals surface area contributed by atoms with Crippen molar-refractivity contribution in [3.05, 3.63) is 53.7 Å². The number of nitrogens with zero attached hydrogens (tertiary/aromatic N) is 2. The maximum Gasteiger partial charge on any atom is 0.187 e. The van der Waals surface area contributed by atoms with Crippen molar-refractivity contribution in [1.29, 1.82) is 5.26 Å². The van der Waals surface area contributed by atoms with Crippen molar-refractivity contribution in [1.82, 2.24) is 4.98 Å². The van der Waals surface area contributed by atoms with Gasteiger partial charge in [0.25, 0.3) is 0 Å². The number of fused-ring (bicyclic) bond motifs is 1. The molecule has 0 saturated heterocycles. The number of anilines is 2. The molecule has 3 rings (SSSR count). The van der Waals surface area contributed by atoms with Gasteiger partial charge in [0, 0.05) is 23.9 Å². The molecule has 1 heterocycles. The van der Waals surface area contributed by atoms with Crippen molar-refractivity contribution in [2.45, 2.75) is 6.42 Å². The van der Waals surface area contributed by atoms with Gasteiger partial charge in [-0.3, -0.25) is 4.98 Å². The Balaban J connectivity index is 2.20. The molecule has 0 atom stereocenters. The van der Waals surface area contributed by atoms with Gasteiger partial charge in [0.05, 0.1) is 25.5 Å². The maximum absolute atomic E-state index is 9.53. The molecular formula is C20H19N3O3. The number of methoxy groups -OCH3 is 2. The molecule has 0 amide bonds. The summed E-state index contributed by atoms with van der Waals surface area (Å²) in [4.78, 5) is 4.38. The molecule has 2 aromatic carbocycles. The van der Waals surface area contributed by atoms with E-state index in [1.165, 1.54) is 6.20 Å². The summed E-state index contributed by atoms with van der Waals surface area (Å²) >= 11 is 0. The summed E-state index contributed by atoms with van der Waals surface area (Å²) in [6, 6.07) is 13.5. The van der Waals surface area contributed by atoms with Crippen LogP contribution in [0.3, 0.4) is 0 Å². The van der Waals surface area contributed by atoms with Crippen molar-refractivity contribution in [2.24, 2.45) is 0 Å². The van der Waals surface area contributed by atoms with Crippen LogP contribution in [0.5, 0.6) is 11.5 Å². The van der Waals surface area contributed by atoms with Gasteiger partial charge in [-0.1, -0.05) is 18.2 Å². The third-order valence-electron chi connectivity index (χ3n) is 4.16. The predicted molar refractivity (Wildman–Crippen MR) is 100 cm³/mol. The molecule has 26 heavy (non-hydrogen) atoms. The van der Waals surface area contributed by atoms with Gasteiger partial charge in [-0.25, -0.2) is 0 Å². The van der Waals surface area contributed by atoms with E-state index in [0.29, 0.717) is 34.7 Å². The molecule has 132 valence electrons. The number of aliphatic hydroxyl groups excluding tert-OH is 1. The number of aliphatic hydroxyl groups is 1. The smallest absolute Gasteiger partial charge is 0.187 e. The van der Waals surface area contributed by atoms with E-state index >= 15 is 0 Å². The Kier molecular flexibility index (Phi) is 5.20. The van der Waals surface area contributed by atoms with Crippen LogP contribution in [0, 0.1) is 11.3 Å². The summed E-state index contributed by atoms with van der Waals surface area (Å²) < 4.78 is 10.8. The van der Waals surface area contributed by atoms with Crippen LogP contribution in [0.25, 0.3) is 10.9 Å². The Morgan fingerprint density at radius 1 is 1.15 bits per heavy atom. The first-order valence-corrected chi connectivity index (χ1v) is 8.13. The number of nitrogens with one attached hydrogen (secondary N) is 1. The lowest BCUT2D eigenvalue weighted by Crippen LogP contribution is -2.02. The minimum absolute atomic E-state index is 0.0475. The first-order valence-electron chi connectivity index (χ1n) is 8.13. The molecule has 0 aliphatic rings. The second-order valence-electron chi connectivity index (χ2n) is 5.61. The van der Waals surface area contributed by atoms with Crippen LogP contribution in [-0.2, 0) is 6.42 Å².